The lowest BCUT2D eigenvalue weighted by Gasteiger charge is -2.24. The number of nitrogens with one attached hydrogen (secondary N) is 1. The normalized spacial score (nSPS) is 18.1. The maximum absolute atomic E-state index is 13.4. The Bertz CT molecular complexity index is 624. The molecule has 1 N–H and O–H groups in total. The van der Waals surface area contributed by atoms with Crippen LogP contribution in [0.15, 0.2) is 24.4 Å². The Morgan fingerprint density at radius 2 is 2.35 bits per heavy atom. The maximum Gasteiger partial charge on any atom is 0.142 e. The van der Waals surface area contributed by atoms with Gasteiger partial charge >= 0.3 is 0 Å². The van der Waals surface area contributed by atoms with Crippen molar-refractivity contribution in [1.82, 2.24) is 15.1 Å². The first-order valence-corrected chi connectivity index (χ1v) is 7.21. The highest BCUT2D eigenvalue weighted by atomic mass is 35.5. The molecule has 1 aliphatic rings. The van der Waals surface area contributed by atoms with Gasteiger partial charge in [-0.05, 0) is 37.0 Å². The van der Waals surface area contributed by atoms with Gasteiger partial charge in [0, 0.05) is 30.9 Å². The summed E-state index contributed by atoms with van der Waals surface area (Å²) in [6, 6.07) is 5.24. The summed E-state index contributed by atoms with van der Waals surface area (Å²) in [7, 11) is 1.98. The van der Waals surface area contributed by atoms with Crippen molar-refractivity contribution in [3.05, 3.63) is 52.1 Å². The standard InChI is InChI=1S/C15H17ClFN3/c1-20-15-4-2-3-14(11(15)9-19-20)18-8-10-5-6-12(16)13(17)7-10/h5-7,9,14,18H,2-4,8H2,1H3. The third-order valence-corrected chi connectivity index (χ3v) is 4.22. The molecule has 2 aromatic rings. The van der Waals surface area contributed by atoms with E-state index in [2.05, 4.69) is 10.4 Å². The van der Waals surface area contributed by atoms with Gasteiger partial charge in [-0.3, -0.25) is 4.68 Å². The van der Waals surface area contributed by atoms with Crippen LogP contribution in [0.2, 0.25) is 5.02 Å². The number of hydrogen-bond acceptors (Lipinski definition) is 2. The van der Waals surface area contributed by atoms with Crippen molar-refractivity contribution in [2.45, 2.75) is 31.8 Å². The van der Waals surface area contributed by atoms with Crippen molar-refractivity contribution < 1.29 is 4.39 Å². The first-order valence-electron chi connectivity index (χ1n) is 6.83. The highest BCUT2D eigenvalue weighted by Crippen LogP contribution is 2.29. The molecule has 106 valence electrons. The van der Waals surface area contributed by atoms with E-state index in [1.165, 1.54) is 17.3 Å². The minimum atomic E-state index is -0.364. The lowest BCUT2D eigenvalue weighted by Crippen LogP contribution is -2.25. The monoisotopic (exact) mass is 293 g/mol. The fraction of sp³-hybridized carbons (Fsp3) is 0.400. The molecule has 5 heteroatoms. The van der Waals surface area contributed by atoms with Gasteiger partial charge in [-0.2, -0.15) is 5.10 Å². The molecule has 1 unspecified atom stereocenters. The zero-order valence-corrected chi connectivity index (χ0v) is 12.1. The summed E-state index contributed by atoms with van der Waals surface area (Å²) in [5.74, 6) is -0.364. The third-order valence-electron chi connectivity index (χ3n) is 3.91. The van der Waals surface area contributed by atoms with Gasteiger partial charge in [0.1, 0.15) is 5.82 Å². The SMILES string of the molecule is Cn1ncc2c1CCCC2NCc1ccc(Cl)c(F)c1. The number of aromatic nitrogens is 2. The van der Waals surface area contributed by atoms with Gasteiger partial charge in [-0.1, -0.05) is 17.7 Å². The largest absolute Gasteiger partial charge is 0.306 e. The molecule has 1 aliphatic carbocycles. The van der Waals surface area contributed by atoms with Crippen molar-refractivity contribution in [1.29, 1.82) is 0 Å². The van der Waals surface area contributed by atoms with Gasteiger partial charge < -0.3 is 5.32 Å². The Labute approximate surface area is 122 Å². The Hall–Kier alpha value is -1.39. The number of rotatable bonds is 3. The molecule has 0 amide bonds. The van der Waals surface area contributed by atoms with Crippen LogP contribution < -0.4 is 5.32 Å². The number of hydrogen-bond donors (Lipinski definition) is 1. The molecule has 1 atom stereocenters. The lowest BCUT2D eigenvalue weighted by molar-refractivity contribution is 0.451. The molecule has 0 aliphatic heterocycles. The summed E-state index contributed by atoms with van der Waals surface area (Å²) in [6.45, 7) is 0.632. The highest BCUT2D eigenvalue weighted by molar-refractivity contribution is 6.30. The lowest BCUT2D eigenvalue weighted by atomic mass is 9.93. The number of aryl methyl sites for hydroxylation is 1. The molecule has 0 saturated carbocycles. The van der Waals surface area contributed by atoms with Crippen molar-refractivity contribution in [3.63, 3.8) is 0 Å². The molecule has 20 heavy (non-hydrogen) atoms. The highest BCUT2D eigenvalue weighted by Gasteiger charge is 2.22. The second-order valence-electron chi connectivity index (χ2n) is 5.24. The van der Waals surface area contributed by atoms with E-state index in [9.17, 15) is 4.39 Å². The molecular weight excluding hydrogens is 277 g/mol. The van der Waals surface area contributed by atoms with Crippen molar-refractivity contribution in [2.24, 2.45) is 7.05 Å². The molecule has 0 fully saturated rings. The first kappa shape index (κ1) is 13.6. The van der Waals surface area contributed by atoms with Gasteiger partial charge in [0.15, 0.2) is 0 Å². The van der Waals surface area contributed by atoms with Crippen LogP contribution in [-0.4, -0.2) is 9.78 Å². The molecular formula is C15H17ClFN3. The van der Waals surface area contributed by atoms with E-state index in [0.29, 0.717) is 12.6 Å². The summed E-state index contributed by atoms with van der Waals surface area (Å²) in [5, 5.41) is 7.99. The van der Waals surface area contributed by atoms with E-state index in [0.717, 1.165) is 24.8 Å². The predicted molar refractivity (Wildman–Crippen MR) is 77.1 cm³/mol. The molecule has 1 aromatic heterocycles. The fourth-order valence-electron chi connectivity index (χ4n) is 2.81. The van der Waals surface area contributed by atoms with Gasteiger partial charge in [0.05, 0.1) is 11.2 Å². The average molecular weight is 294 g/mol. The van der Waals surface area contributed by atoms with E-state index in [-0.39, 0.29) is 10.8 Å². The third kappa shape index (κ3) is 2.58. The number of fused-ring (bicyclic) bond motifs is 1. The zero-order chi connectivity index (χ0) is 14.1. The van der Waals surface area contributed by atoms with E-state index < -0.39 is 0 Å². The van der Waals surface area contributed by atoms with Crippen molar-refractivity contribution >= 4 is 11.6 Å². The molecule has 0 spiro atoms. The molecule has 3 nitrogen and oxygen atoms in total. The number of halogens is 2. The first-order chi connectivity index (χ1) is 9.65. The molecule has 3 rings (SSSR count). The Kier molecular flexibility index (Phi) is 3.76. The zero-order valence-electron chi connectivity index (χ0n) is 11.4. The molecule has 0 saturated heterocycles. The summed E-state index contributed by atoms with van der Waals surface area (Å²) < 4.78 is 15.4. The minimum absolute atomic E-state index is 0.168. The molecule has 1 aromatic carbocycles. The van der Waals surface area contributed by atoms with Gasteiger partial charge in [0.25, 0.3) is 0 Å². The average Bonchev–Trinajstić information content (AvgIpc) is 2.83. The predicted octanol–water partition coefficient (Wildman–Crippen LogP) is 3.38. The van der Waals surface area contributed by atoms with Crippen molar-refractivity contribution in [2.75, 3.05) is 0 Å². The molecule has 0 radical (unpaired) electrons. The van der Waals surface area contributed by atoms with E-state index in [1.807, 2.05) is 24.0 Å². The summed E-state index contributed by atoms with van der Waals surface area (Å²) in [6.07, 6.45) is 5.27. The van der Waals surface area contributed by atoms with Crippen LogP contribution in [0.5, 0.6) is 0 Å². The van der Waals surface area contributed by atoms with Crippen LogP contribution in [0.3, 0.4) is 0 Å². The van der Waals surface area contributed by atoms with E-state index in [1.54, 1.807) is 6.07 Å². The number of nitrogens with zero attached hydrogens (tertiary/aromatic N) is 2. The summed E-state index contributed by atoms with van der Waals surface area (Å²) >= 11 is 5.69. The van der Waals surface area contributed by atoms with E-state index >= 15 is 0 Å². The topological polar surface area (TPSA) is 29.9 Å². The van der Waals surface area contributed by atoms with Crippen LogP contribution in [-0.2, 0) is 20.0 Å². The molecule has 0 bridgehead atoms. The smallest absolute Gasteiger partial charge is 0.142 e. The van der Waals surface area contributed by atoms with Crippen LogP contribution >= 0.6 is 11.6 Å². The fourth-order valence-corrected chi connectivity index (χ4v) is 2.93. The van der Waals surface area contributed by atoms with Crippen molar-refractivity contribution in [3.8, 4) is 0 Å². The van der Waals surface area contributed by atoms with Crippen LogP contribution in [0.4, 0.5) is 4.39 Å². The Balaban J connectivity index is 1.71. The van der Waals surface area contributed by atoms with E-state index in [4.69, 9.17) is 11.6 Å². The minimum Gasteiger partial charge on any atom is -0.306 e. The summed E-state index contributed by atoms with van der Waals surface area (Å²) in [4.78, 5) is 0. The second kappa shape index (κ2) is 5.54. The maximum atomic E-state index is 13.4. The Morgan fingerprint density at radius 1 is 1.50 bits per heavy atom. The Morgan fingerprint density at radius 3 is 3.15 bits per heavy atom. The van der Waals surface area contributed by atoms with Gasteiger partial charge in [-0.25, -0.2) is 4.39 Å². The van der Waals surface area contributed by atoms with Crippen LogP contribution in [0.1, 0.15) is 35.7 Å². The van der Waals surface area contributed by atoms with Crippen LogP contribution in [0, 0.1) is 5.82 Å². The summed E-state index contributed by atoms with van der Waals surface area (Å²) in [5.41, 5.74) is 3.48. The quantitative estimate of drug-likeness (QED) is 0.940. The van der Waals surface area contributed by atoms with Gasteiger partial charge in [0.2, 0.25) is 0 Å². The second-order valence-corrected chi connectivity index (χ2v) is 5.65. The molecule has 1 heterocycles. The van der Waals surface area contributed by atoms with Gasteiger partial charge in [-0.15, -0.1) is 0 Å². The number of benzene rings is 1. The van der Waals surface area contributed by atoms with Crippen LogP contribution in [0.25, 0.3) is 0 Å².